The number of carbonyl (C=O) groups is 1. The number of aliphatic hydroxyl groups excluding tert-OH is 1. The molecular weight excluding hydrogens is 228 g/mol. The van der Waals surface area contributed by atoms with Crippen LogP contribution in [0.4, 0.5) is 0 Å². The predicted octanol–water partition coefficient (Wildman–Crippen LogP) is 2.41. The van der Waals surface area contributed by atoms with Crippen molar-refractivity contribution in [3.63, 3.8) is 0 Å². The molecule has 4 heteroatoms. The summed E-state index contributed by atoms with van der Waals surface area (Å²) in [6, 6.07) is 5.30. The maximum atomic E-state index is 10.8. The molecule has 0 saturated carbocycles. The molecule has 0 aliphatic rings. The number of methoxy groups -OCH3 is 1. The van der Waals surface area contributed by atoms with Gasteiger partial charge in [-0.15, -0.1) is 0 Å². The first-order valence-electron chi connectivity index (χ1n) is 4.80. The fourth-order valence-corrected chi connectivity index (χ4v) is 1.37. The molecule has 0 atom stereocenters. The van der Waals surface area contributed by atoms with E-state index in [1.807, 2.05) is 6.07 Å². The maximum absolute atomic E-state index is 10.8. The first-order valence-corrected chi connectivity index (χ1v) is 5.18. The van der Waals surface area contributed by atoms with E-state index in [9.17, 15) is 4.79 Å². The molecule has 0 amide bonds. The van der Waals surface area contributed by atoms with Gasteiger partial charge in [0, 0.05) is 5.02 Å². The highest BCUT2D eigenvalue weighted by molar-refractivity contribution is 6.31. The molecule has 0 spiro atoms. The first-order chi connectivity index (χ1) is 7.67. The van der Waals surface area contributed by atoms with Crippen LogP contribution in [0.3, 0.4) is 0 Å². The van der Waals surface area contributed by atoms with Gasteiger partial charge in [0.2, 0.25) is 0 Å². The molecule has 1 N–H and O–H groups in total. The molecule has 0 aliphatic heterocycles. The van der Waals surface area contributed by atoms with E-state index in [-0.39, 0.29) is 19.0 Å². The van der Waals surface area contributed by atoms with Gasteiger partial charge in [0.25, 0.3) is 0 Å². The lowest BCUT2D eigenvalue weighted by molar-refractivity contribution is -0.139. The Bertz CT molecular complexity index is 399. The van der Waals surface area contributed by atoms with Gasteiger partial charge < -0.3 is 9.84 Å². The second kappa shape index (κ2) is 6.30. The molecular formula is C12H13ClO3. The molecule has 0 radical (unpaired) electrons. The van der Waals surface area contributed by atoms with E-state index < -0.39 is 0 Å². The Balaban J connectivity index is 2.70. The Labute approximate surface area is 99.3 Å². The largest absolute Gasteiger partial charge is 0.469 e. The molecule has 1 aromatic rings. The summed E-state index contributed by atoms with van der Waals surface area (Å²) in [5.74, 6) is -0.285. The highest BCUT2D eigenvalue weighted by atomic mass is 35.5. The molecule has 0 unspecified atom stereocenters. The Morgan fingerprint density at radius 3 is 2.94 bits per heavy atom. The van der Waals surface area contributed by atoms with Gasteiger partial charge in [0.05, 0.1) is 20.1 Å². The van der Waals surface area contributed by atoms with Gasteiger partial charge in [-0.2, -0.15) is 0 Å². The quantitative estimate of drug-likeness (QED) is 0.823. The zero-order valence-electron chi connectivity index (χ0n) is 8.94. The molecule has 1 rings (SSSR count). The summed E-state index contributed by atoms with van der Waals surface area (Å²) in [7, 11) is 1.35. The molecule has 0 heterocycles. The summed E-state index contributed by atoms with van der Waals surface area (Å²) in [6.45, 7) is -0.0997. The number of esters is 1. The van der Waals surface area contributed by atoms with Crippen LogP contribution in [-0.4, -0.2) is 18.2 Å². The number of rotatable bonds is 4. The Morgan fingerprint density at radius 1 is 1.56 bits per heavy atom. The van der Waals surface area contributed by atoms with Crippen molar-refractivity contribution in [3.05, 3.63) is 40.4 Å². The fourth-order valence-electron chi connectivity index (χ4n) is 1.19. The molecule has 0 fully saturated rings. The van der Waals surface area contributed by atoms with Crippen molar-refractivity contribution in [2.45, 2.75) is 13.0 Å². The van der Waals surface area contributed by atoms with E-state index >= 15 is 0 Å². The second-order valence-corrected chi connectivity index (χ2v) is 3.60. The molecule has 0 aliphatic carbocycles. The van der Waals surface area contributed by atoms with Gasteiger partial charge in [-0.25, -0.2) is 0 Å². The third-order valence-corrected chi connectivity index (χ3v) is 2.43. The van der Waals surface area contributed by atoms with Crippen molar-refractivity contribution in [1.82, 2.24) is 0 Å². The number of benzene rings is 1. The van der Waals surface area contributed by atoms with Crippen molar-refractivity contribution < 1.29 is 14.6 Å². The third kappa shape index (κ3) is 3.68. The van der Waals surface area contributed by atoms with Gasteiger partial charge in [-0.3, -0.25) is 4.79 Å². The van der Waals surface area contributed by atoms with Gasteiger partial charge in [-0.1, -0.05) is 29.8 Å². The highest BCUT2D eigenvalue weighted by Gasteiger charge is 1.99. The predicted molar refractivity (Wildman–Crippen MR) is 63.0 cm³/mol. The zero-order chi connectivity index (χ0) is 12.0. The number of halogens is 1. The number of aliphatic hydroxyl groups is 1. The summed E-state index contributed by atoms with van der Waals surface area (Å²) < 4.78 is 4.50. The highest BCUT2D eigenvalue weighted by Crippen LogP contribution is 2.18. The minimum atomic E-state index is -0.285. The number of hydrogen-bond donors (Lipinski definition) is 1. The van der Waals surface area contributed by atoms with Crippen LogP contribution in [0.25, 0.3) is 6.08 Å². The topological polar surface area (TPSA) is 46.5 Å². The molecule has 0 bridgehead atoms. The van der Waals surface area contributed by atoms with Crippen LogP contribution in [0, 0.1) is 0 Å². The monoisotopic (exact) mass is 240 g/mol. The van der Waals surface area contributed by atoms with E-state index in [1.165, 1.54) is 7.11 Å². The summed E-state index contributed by atoms with van der Waals surface area (Å²) in [5.41, 5.74) is 1.55. The van der Waals surface area contributed by atoms with Crippen LogP contribution in [0.5, 0.6) is 0 Å². The SMILES string of the molecule is COC(=O)CC=Cc1ccc(Cl)c(CO)c1. The van der Waals surface area contributed by atoms with Gasteiger partial charge in [-0.05, 0) is 23.3 Å². The third-order valence-electron chi connectivity index (χ3n) is 2.06. The van der Waals surface area contributed by atoms with Gasteiger partial charge >= 0.3 is 5.97 Å². The number of hydrogen-bond acceptors (Lipinski definition) is 3. The molecule has 0 aromatic heterocycles. The van der Waals surface area contributed by atoms with Gasteiger partial charge in [0.1, 0.15) is 0 Å². The summed E-state index contributed by atoms with van der Waals surface area (Å²) in [5, 5.41) is 9.55. The average molecular weight is 241 g/mol. The minimum Gasteiger partial charge on any atom is -0.469 e. The van der Waals surface area contributed by atoms with Crippen molar-refractivity contribution in [2.24, 2.45) is 0 Å². The zero-order valence-corrected chi connectivity index (χ0v) is 9.70. The van der Waals surface area contributed by atoms with E-state index in [0.717, 1.165) is 5.56 Å². The fraction of sp³-hybridized carbons (Fsp3) is 0.250. The van der Waals surface area contributed by atoms with Crippen LogP contribution in [0.2, 0.25) is 5.02 Å². The van der Waals surface area contributed by atoms with Crippen LogP contribution in [-0.2, 0) is 16.1 Å². The minimum absolute atomic E-state index is 0.0997. The molecule has 16 heavy (non-hydrogen) atoms. The van der Waals surface area contributed by atoms with E-state index in [2.05, 4.69) is 4.74 Å². The second-order valence-electron chi connectivity index (χ2n) is 3.19. The molecule has 86 valence electrons. The van der Waals surface area contributed by atoms with Crippen LogP contribution in [0.15, 0.2) is 24.3 Å². The maximum Gasteiger partial charge on any atom is 0.309 e. The van der Waals surface area contributed by atoms with E-state index in [4.69, 9.17) is 16.7 Å². The Hall–Kier alpha value is -1.32. The number of ether oxygens (including phenoxy) is 1. The lowest BCUT2D eigenvalue weighted by Gasteiger charge is -2.01. The summed E-state index contributed by atoms with van der Waals surface area (Å²) >= 11 is 5.85. The normalized spacial score (nSPS) is 10.7. The molecule has 0 saturated heterocycles. The summed E-state index contributed by atoms with van der Waals surface area (Å²) in [4.78, 5) is 10.8. The molecule has 3 nitrogen and oxygen atoms in total. The van der Waals surface area contributed by atoms with Crippen molar-refractivity contribution in [1.29, 1.82) is 0 Å². The Morgan fingerprint density at radius 2 is 2.31 bits per heavy atom. The molecule has 1 aromatic carbocycles. The van der Waals surface area contributed by atoms with Crippen LogP contribution in [0.1, 0.15) is 17.5 Å². The van der Waals surface area contributed by atoms with E-state index in [1.54, 1.807) is 24.3 Å². The Kier molecular flexibility index (Phi) is 5.02. The number of carbonyl (C=O) groups excluding carboxylic acids is 1. The average Bonchev–Trinajstić information content (AvgIpc) is 2.31. The van der Waals surface area contributed by atoms with Crippen molar-refractivity contribution in [2.75, 3.05) is 7.11 Å². The lowest BCUT2D eigenvalue weighted by Crippen LogP contribution is -1.96. The van der Waals surface area contributed by atoms with Gasteiger partial charge in [0.15, 0.2) is 0 Å². The van der Waals surface area contributed by atoms with E-state index in [0.29, 0.717) is 10.6 Å². The van der Waals surface area contributed by atoms with Crippen molar-refractivity contribution in [3.8, 4) is 0 Å². The summed E-state index contributed by atoms with van der Waals surface area (Å²) in [6.07, 6.45) is 3.72. The first kappa shape index (κ1) is 12.7. The smallest absolute Gasteiger partial charge is 0.309 e. The van der Waals surface area contributed by atoms with Crippen LogP contribution >= 0.6 is 11.6 Å². The lowest BCUT2D eigenvalue weighted by atomic mass is 10.1. The van der Waals surface area contributed by atoms with Crippen molar-refractivity contribution >= 4 is 23.6 Å². The van der Waals surface area contributed by atoms with Crippen LogP contribution < -0.4 is 0 Å². The standard InChI is InChI=1S/C12H13ClO3/c1-16-12(15)4-2-3-9-5-6-11(13)10(7-9)8-14/h2-3,5-7,14H,4,8H2,1H3.